The molecular formula is C16H14F6O8S. The molecule has 0 amide bonds. The zero-order valence-electron chi connectivity index (χ0n) is 15.2. The maximum absolute atomic E-state index is 13.6. The number of halogens is 6. The summed E-state index contributed by atoms with van der Waals surface area (Å²) in [6.45, 7) is -0.350. The molecule has 0 saturated heterocycles. The van der Waals surface area contributed by atoms with Crippen molar-refractivity contribution in [3.8, 4) is 0 Å². The first-order valence-electron chi connectivity index (χ1n) is 7.88. The van der Waals surface area contributed by atoms with E-state index in [-0.39, 0.29) is 5.56 Å². The molecule has 1 rings (SSSR count). The van der Waals surface area contributed by atoms with Gasteiger partial charge in [0.2, 0.25) is 5.83 Å². The number of carbonyl (C=O) groups is 2. The number of carbonyl (C=O) groups excluding carboxylic acids is 2. The van der Waals surface area contributed by atoms with E-state index in [4.69, 9.17) is 4.55 Å². The van der Waals surface area contributed by atoms with Gasteiger partial charge >= 0.3 is 39.3 Å². The number of hydrogen-bond donors (Lipinski definition) is 1. The van der Waals surface area contributed by atoms with Crippen molar-refractivity contribution in [1.82, 2.24) is 0 Å². The number of esters is 2. The lowest BCUT2D eigenvalue weighted by Gasteiger charge is -2.32. The number of alkyl halides is 5. The van der Waals surface area contributed by atoms with Gasteiger partial charge in [0.15, 0.2) is 0 Å². The van der Waals surface area contributed by atoms with Crippen LogP contribution in [-0.2, 0) is 40.5 Å². The lowest BCUT2D eigenvalue weighted by atomic mass is 10.2. The first-order valence-corrected chi connectivity index (χ1v) is 9.32. The highest BCUT2D eigenvalue weighted by Crippen LogP contribution is 2.38. The minimum Gasteiger partial charge on any atom is -0.456 e. The molecule has 15 heteroatoms. The van der Waals surface area contributed by atoms with Crippen LogP contribution in [0.2, 0.25) is 0 Å². The second kappa shape index (κ2) is 9.65. The third-order valence-electron chi connectivity index (χ3n) is 3.39. The largest absolute Gasteiger partial charge is 0.468 e. The van der Waals surface area contributed by atoms with Crippen LogP contribution in [0, 0.1) is 0 Å². The molecule has 1 aromatic carbocycles. The summed E-state index contributed by atoms with van der Waals surface area (Å²) in [5.41, 5.74) is 0.158. The summed E-state index contributed by atoms with van der Waals surface area (Å²) in [6.07, 6.45) is -8.09. The molecule has 0 heterocycles. The summed E-state index contributed by atoms with van der Waals surface area (Å²) in [4.78, 5) is 23.5. The molecule has 0 radical (unpaired) electrons. The smallest absolute Gasteiger partial charge is 0.456 e. The van der Waals surface area contributed by atoms with Crippen molar-refractivity contribution in [3.63, 3.8) is 0 Å². The average molecular weight is 480 g/mol. The summed E-state index contributed by atoms with van der Waals surface area (Å²) in [5.74, 6) is -11.8. The van der Waals surface area contributed by atoms with Gasteiger partial charge in [-0.15, -0.1) is 0 Å². The van der Waals surface area contributed by atoms with Crippen molar-refractivity contribution >= 4 is 22.1 Å². The summed E-state index contributed by atoms with van der Waals surface area (Å²) in [5, 5.41) is -4.98. The third-order valence-corrected chi connectivity index (χ3v) is 4.35. The highest BCUT2D eigenvalue weighted by molar-refractivity contribution is 7.86. The predicted molar refractivity (Wildman–Crippen MR) is 88.4 cm³/mol. The molecule has 0 aliphatic rings. The Bertz CT molecular complexity index is 916. The lowest BCUT2D eigenvalue weighted by Crippen LogP contribution is -2.58. The van der Waals surface area contributed by atoms with Crippen molar-refractivity contribution in [1.29, 1.82) is 0 Å². The number of rotatable bonds is 10. The van der Waals surface area contributed by atoms with Crippen molar-refractivity contribution in [2.24, 2.45) is 0 Å². The summed E-state index contributed by atoms with van der Waals surface area (Å²) >= 11 is 0. The highest BCUT2D eigenvalue weighted by Gasteiger charge is 2.68. The Morgan fingerprint density at radius 1 is 1.06 bits per heavy atom. The van der Waals surface area contributed by atoms with E-state index >= 15 is 0 Å². The second-order valence-corrected chi connectivity index (χ2v) is 7.23. The van der Waals surface area contributed by atoms with E-state index in [1.165, 1.54) is 30.3 Å². The fraction of sp³-hybridized carbons (Fsp3) is 0.375. The van der Waals surface area contributed by atoms with Gasteiger partial charge in [0.25, 0.3) is 0 Å². The standard InChI is InChI=1S/C16H14F6O8S/c1-10(17)12(23)30-15(16(20,21)22,29-8-7-14(18,19)31(25,26)27)13(24)28-9-11-5-3-2-4-6-11/h2-6H,1,7-9H2,(H,25,26,27). The second-order valence-electron chi connectivity index (χ2n) is 5.68. The van der Waals surface area contributed by atoms with Gasteiger partial charge in [-0.3, -0.25) is 4.55 Å². The van der Waals surface area contributed by atoms with Gasteiger partial charge in [0.05, 0.1) is 13.0 Å². The molecule has 1 N–H and O–H groups in total. The summed E-state index contributed by atoms with van der Waals surface area (Å²) in [7, 11) is -6.05. The lowest BCUT2D eigenvalue weighted by molar-refractivity contribution is -0.356. The predicted octanol–water partition coefficient (Wildman–Crippen LogP) is 2.90. The van der Waals surface area contributed by atoms with Gasteiger partial charge in [-0.05, 0) is 5.56 Å². The Morgan fingerprint density at radius 3 is 2.06 bits per heavy atom. The van der Waals surface area contributed by atoms with Crippen LogP contribution < -0.4 is 0 Å². The molecule has 1 aromatic rings. The van der Waals surface area contributed by atoms with Gasteiger partial charge in [-0.2, -0.15) is 34.8 Å². The molecule has 31 heavy (non-hydrogen) atoms. The SMILES string of the molecule is C=C(F)C(=O)OC(OCCC(F)(F)S(=O)(=O)O)(C(=O)OCc1ccccc1)C(F)(F)F. The molecule has 1 atom stereocenters. The maximum Gasteiger partial charge on any atom is 0.468 e. The van der Waals surface area contributed by atoms with E-state index in [0.717, 1.165) is 0 Å². The van der Waals surface area contributed by atoms with Crippen LogP contribution in [0.4, 0.5) is 26.3 Å². The maximum atomic E-state index is 13.6. The fourth-order valence-electron chi connectivity index (χ4n) is 1.83. The van der Waals surface area contributed by atoms with Gasteiger partial charge in [-0.1, -0.05) is 36.9 Å². The highest BCUT2D eigenvalue weighted by atomic mass is 32.2. The molecule has 1 unspecified atom stereocenters. The van der Waals surface area contributed by atoms with Crippen LogP contribution in [0.15, 0.2) is 42.7 Å². The van der Waals surface area contributed by atoms with Crippen molar-refractivity contribution in [2.75, 3.05) is 6.61 Å². The summed E-state index contributed by atoms with van der Waals surface area (Å²) < 4.78 is 122. The van der Waals surface area contributed by atoms with E-state index in [1.54, 1.807) is 0 Å². The zero-order chi connectivity index (χ0) is 24.1. The minimum absolute atomic E-state index is 0.158. The molecular weight excluding hydrogens is 466 g/mol. The molecule has 0 fully saturated rings. The average Bonchev–Trinajstić information content (AvgIpc) is 2.63. The van der Waals surface area contributed by atoms with E-state index in [0.29, 0.717) is 0 Å². The monoisotopic (exact) mass is 480 g/mol. The van der Waals surface area contributed by atoms with Crippen molar-refractivity contribution in [2.45, 2.75) is 30.2 Å². The van der Waals surface area contributed by atoms with E-state index in [2.05, 4.69) is 20.8 Å². The van der Waals surface area contributed by atoms with Crippen LogP contribution in [0.3, 0.4) is 0 Å². The summed E-state index contributed by atoms with van der Waals surface area (Å²) in [6, 6.07) is 7.04. The molecule has 174 valence electrons. The van der Waals surface area contributed by atoms with Crippen molar-refractivity contribution in [3.05, 3.63) is 48.3 Å². The molecule has 0 aliphatic carbocycles. The number of ether oxygens (including phenoxy) is 3. The normalized spacial score (nSPS) is 14.4. The van der Waals surface area contributed by atoms with Gasteiger partial charge in [0, 0.05) is 0 Å². The molecule has 0 bridgehead atoms. The van der Waals surface area contributed by atoms with Gasteiger partial charge in [-0.25, -0.2) is 9.59 Å². The minimum atomic E-state index is -6.05. The molecule has 8 nitrogen and oxygen atoms in total. The van der Waals surface area contributed by atoms with E-state index < -0.39 is 64.7 Å². The first-order chi connectivity index (χ1) is 14.0. The Labute approximate surface area is 171 Å². The quantitative estimate of drug-likeness (QED) is 0.179. The van der Waals surface area contributed by atoms with Crippen molar-refractivity contribution < 1.29 is 63.1 Å². The van der Waals surface area contributed by atoms with Crippen LogP contribution in [0.25, 0.3) is 0 Å². The Morgan fingerprint density at radius 2 is 1.61 bits per heavy atom. The molecule has 0 aliphatic heterocycles. The zero-order valence-corrected chi connectivity index (χ0v) is 16.0. The topological polar surface area (TPSA) is 116 Å². The number of benzene rings is 1. The first kappa shape index (κ1) is 26.4. The van der Waals surface area contributed by atoms with Gasteiger partial charge < -0.3 is 14.2 Å². The Kier molecular flexibility index (Phi) is 8.22. The van der Waals surface area contributed by atoms with Crippen LogP contribution in [-0.4, -0.2) is 48.7 Å². The third kappa shape index (κ3) is 6.67. The number of hydrogen-bond acceptors (Lipinski definition) is 7. The van der Waals surface area contributed by atoms with Crippen LogP contribution >= 0.6 is 0 Å². The van der Waals surface area contributed by atoms with E-state index in [9.17, 15) is 44.3 Å². The van der Waals surface area contributed by atoms with E-state index in [1.807, 2.05) is 0 Å². The fourth-order valence-corrected chi connectivity index (χ4v) is 2.17. The van der Waals surface area contributed by atoms with Gasteiger partial charge in [0.1, 0.15) is 6.61 Å². The molecule has 0 aromatic heterocycles. The van der Waals surface area contributed by atoms with Crippen LogP contribution in [0.1, 0.15) is 12.0 Å². The Balaban J connectivity index is 3.22. The van der Waals surface area contributed by atoms with Crippen LogP contribution in [0.5, 0.6) is 0 Å². The molecule has 0 spiro atoms. The Hall–Kier alpha value is -2.65. The molecule has 0 saturated carbocycles.